The highest BCUT2D eigenvalue weighted by atomic mass is 32.2. The van der Waals surface area contributed by atoms with Crippen LogP contribution in [0, 0.1) is 0 Å². The summed E-state index contributed by atoms with van der Waals surface area (Å²) in [7, 11) is -0.651. The summed E-state index contributed by atoms with van der Waals surface area (Å²) >= 11 is 0. The Balaban J connectivity index is 1.73. The van der Waals surface area contributed by atoms with Crippen LogP contribution in [0.15, 0.2) is 58.5 Å². The molecular formula is C17H19N5O4S. The van der Waals surface area contributed by atoms with Crippen LogP contribution in [0.2, 0.25) is 0 Å². The normalized spacial score (nSPS) is 11.5. The molecule has 27 heavy (non-hydrogen) atoms. The second-order valence-electron chi connectivity index (χ2n) is 5.71. The van der Waals surface area contributed by atoms with Crippen molar-refractivity contribution in [3.8, 4) is 17.1 Å². The predicted octanol–water partition coefficient (Wildman–Crippen LogP) is 0.631. The van der Waals surface area contributed by atoms with E-state index in [1.807, 2.05) is 0 Å². The Morgan fingerprint density at radius 1 is 1.22 bits per heavy atom. The molecule has 0 amide bonds. The molecule has 10 heteroatoms. The molecule has 3 aromatic rings. The fourth-order valence-electron chi connectivity index (χ4n) is 2.52. The van der Waals surface area contributed by atoms with Crippen molar-refractivity contribution >= 4 is 10.0 Å². The van der Waals surface area contributed by atoms with Gasteiger partial charge in [0.25, 0.3) is 0 Å². The van der Waals surface area contributed by atoms with Crippen LogP contribution in [-0.2, 0) is 23.6 Å². The Bertz CT molecular complexity index is 1090. The highest BCUT2D eigenvalue weighted by molar-refractivity contribution is 7.89. The van der Waals surface area contributed by atoms with E-state index in [1.54, 1.807) is 43.7 Å². The third-order valence-electron chi connectivity index (χ3n) is 3.93. The first-order valence-corrected chi connectivity index (χ1v) is 9.58. The van der Waals surface area contributed by atoms with Crippen LogP contribution in [0.5, 0.6) is 5.75 Å². The van der Waals surface area contributed by atoms with Gasteiger partial charge in [-0.25, -0.2) is 22.6 Å². The van der Waals surface area contributed by atoms with Crippen LogP contribution in [0.1, 0.15) is 0 Å². The predicted molar refractivity (Wildman–Crippen MR) is 98.9 cm³/mol. The Morgan fingerprint density at radius 2 is 2.04 bits per heavy atom. The van der Waals surface area contributed by atoms with E-state index in [2.05, 4.69) is 14.8 Å². The summed E-state index contributed by atoms with van der Waals surface area (Å²) in [6, 6.07) is 9.70. The molecule has 1 aromatic carbocycles. The van der Waals surface area contributed by atoms with E-state index in [4.69, 9.17) is 4.74 Å². The molecule has 0 aliphatic rings. The van der Waals surface area contributed by atoms with Gasteiger partial charge in [0.05, 0.1) is 18.6 Å². The molecule has 0 aliphatic heterocycles. The zero-order valence-electron chi connectivity index (χ0n) is 14.9. The first kappa shape index (κ1) is 18.8. The van der Waals surface area contributed by atoms with Gasteiger partial charge >= 0.3 is 5.69 Å². The van der Waals surface area contributed by atoms with Crippen LogP contribution in [0.4, 0.5) is 0 Å². The molecule has 0 saturated heterocycles. The number of hydrogen-bond donors (Lipinski definition) is 1. The van der Waals surface area contributed by atoms with Gasteiger partial charge in [-0.3, -0.25) is 9.55 Å². The third-order valence-corrected chi connectivity index (χ3v) is 5.39. The van der Waals surface area contributed by atoms with Crippen LogP contribution in [-0.4, -0.2) is 41.4 Å². The molecule has 0 bridgehead atoms. The minimum atomic E-state index is -3.72. The van der Waals surface area contributed by atoms with E-state index >= 15 is 0 Å². The van der Waals surface area contributed by atoms with E-state index in [9.17, 15) is 13.2 Å². The summed E-state index contributed by atoms with van der Waals surface area (Å²) in [5.74, 6) is 0.906. The average Bonchev–Trinajstić information content (AvgIpc) is 2.97. The van der Waals surface area contributed by atoms with Crippen molar-refractivity contribution in [1.82, 2.24) is 24.1 Å². The maximum atomic E-state index is 12.4. The molecule has 0 spiro atoms. The molecule has 2 aromatic heterocycles. The van der Waals surface area contributed by atoms with E-state index in [0.29, 0.717) is 17.1 Å². The third kappa shape index (κ3) is 4.07. The molecule has 1 N–H and O–H groups in total. The molecule has 142 valence electrons. The second-order valence-corrected chi connectivity index (χ2v) is 7.47. The maximum Gasteiger partial charge on any atom is 0.345 e. The molecule has 0 atom stereocenters. The van der Waals surface area contributed by atoms with Gasteiger partial charge in [0, 0.05) is 37.6 Å². The molecule has 2 heterocycles. The molecule has 0 saturated carbocycles. The van der Waals surface area contributed by atoms with Gasteiger partial charge in [-0.15, -0.1) is 5.10 Å². The summed E-state index contributed by atoms with van der Waals surface area (Å²) in [5.41, 5.74) is 0.363. The van der Waals surface area contributed by atoms with Crippen molar-refractivity contribution in [2.75, 3.05) is 13.7 Å². The number of rotatable bonds is 7. The number of aromatic nitrogens is 4. The van der Waals surface area contributed by atoms with Crippen molar-refractivity contribution in [3.63, 3.8) is 0 Å². The second kappa shape index (κ2) is 7.72. The number of ether oxygens (including phenoxy) is 1. The first-order chi connectivity index (χ1) is 12.9. The Labute approximate surface area is 156 Å². The number of sulfonamides is 1. The SMILES string of the molecule is COc1cccc(S(=O)(=O)NCCn2nc(-c3cccnc3)n(C)c2=O)c1. The van der Waals surface area contributed by atoms with Crippen molar-refractivity contribution in [2.45, 2.75) is 11.4 Å². The van der Waals surface area contributed by atoms with Gasteiger partial charge in [-0.1, -0.05) is 6.07 Å². The summed E-state index contributed by atoms with van der Waals surface area (Å²) < 4.78 is 34.9. The van der Waals surface area contributed by atoms with Crippen LogP contribution < -0.4 is 15.1 Å². The molecule has 0 fully saturated rings. The summed E-state index contributed by atoms with van der Waals surface area (Å²) in [5, 5.41) is 4.27. The smallest absolute Gasteiger partial charge is 0.345 e. The van der Waals surface area contributed by atoms with Crippen LogP contribution in [0.25, 0.3) is 11.4 Å². The number of benzene rings is 1. The van der Waals surface area contributed by atoms with E-state index in [1.165, 1.54) is 28.5 Å². The Kier molecular flexibility index (Phi) is 5.38. The van der Waals surface area contributed by atoms with Gasteiger partial charge in [0.15, 0.2) is 5.82 Å². The van der Waals surface area contributed by atoms with Crippen molar-refractivity contribution in [3.05, 3.63) is 59.3 Å². The fraction of sp³-hybridized carbons (Fsp3) is 0.235. The average molecular weight is 389 g/mol. The highest BCUT2D eigenvalue weighted by Gasteiger charge is 2.16. The van der Waals surface area contributed by atoms with Gasteiger partial charge < -0.3 is 4.74 Å². The quantitative estimate of drug-likeness (QED) is 0.635. The minimum Gasteiger partial charge on any atom is -0.497 e. The number of hydrogen-bond acceptors (Lipinski definition) is 6. The summed E-state index contributed by atoms with van der Waals surface area (Å²) in [4.78, 5) is 16.4. The maximum absolute atomic E-state index is 12.4. The van der Waals surface area contributed by atoms with Gasteiger partial charge in [0.2, 0.25) is 10.0 Å². The van der Waals surface area contributed by atoms with E-state index in [0.717, 1.165) is 0 Å². The Hall–Kier alpha value is -2.98. The largest absolute Gasteiger partial charge is 0.497 e. The minimum absolute atomic E-state index is 0.0168. The van der Waals surface area contributed by atoms with E-state index in [-0.39, 0.29) is 23.7 Å². The van der Waals surface area contributed by atoms with Crippen molar-refractivity contribution in [2.24, 2.45) is 7.05 Å². The zero-order valence-corrected chi connectivity index (χ0v) is 15.7. The number of nitrogens with one attached hydrogen (secondary N) is 1. The zero-order chi connectivity index (χ0) is 19.4. The van der Waals surface area contributed by atoms with Crippen molar-refractivity contribution in [1.29, 1.82) is 0 Å². The van der Waals surface area contributed by atoms with Gasteiger partial charge in [0.1, 0.15) is 5.75 Å². The Morgan fingerprint density at radius 3 is 2.74 bits per heavy atom. The fourth-order valence-corrected chi connectivity index (χ4v) is 3.57. The standard InChI is InChI=1S/C17H19N5O4S/c1-21-16(13-5-4-8-18-12-13)20-22(17(21)23)10-9-19-27(24,25)15-7-3-6-14(11-15)26-2/h3-8,11-12,19H,9-10H2,1-2H3. The highest BCUT2D eigenvalue weighted by Crippen LogP contribution is 2.16. The molecule has 0 unspecified atom stereocenters. The van der Waals surface area contributed by atoms with Crippen molar-refractivity contribution < 1.29 is 13.2 Å². The van der Waals surface area contributed by atoms with Crippen LogP contribution >= 0.6 is 0 Å². The van der Waals surface area contributed by atoms with Gasteiger partial charge in [-0.2, -0.15) is 0 Å². The lowest BCUT2D eigenvalue weighted by molar-refractivity contribution is 0.413. The lowest BCUT2D eigenvalue weighted by Crippen LogP contribution is -2.31. The topological polar surface area (TPSA) is 108 Å². The lowest BCUT2D eigenvalue weighted by Gasteiger charge is -2.07. The monoisotopic (exact) mass is 389 g/mol. The molecule has 3 rings (SSSR count). The molecule has 9 nitrogen and oxygen atoms in total. The number of methoxy groups -OCH3 is 1. The number of pyridine rings is 1. The summed E-state index contributed by atoms with van der Waals surface area (Å²) in [6.45, 7) is 0.110. The number of nitrogens with zero attached hydrogens (tertiary/aromatic N) is 4. The molecule has 0 aliphatic carbocycles. The summed E-state index contributed by atoms with van der Waals surface area (Å²) in [6.07, 6.45) is 3.24. The van der Waals surface area contributed by atoms with Gasteiger partial charge in [-0.05, 0) is 24.3 Å². The lowest BCUT2D eigenvalue weighted by atomic mass is 10.3. The van der Waals surface area contributed by atoms with E-state index < -0.39 is 10.0 Å². The molecule has 0 radical (unpaired) electrons. The van der Waals surface area contributed by atoms with Crippen LogP contribution in [0.3, 0.4) is 0 Å². The first-order valence-electron chi connectivity index (χ1n) is 8.10. The molecular weight excluding hydrogens is 370 g/mol.